The predicted octanol–water partition coefficient (Wildman–Crippen LogP) is 4.93. The lowest BCUT2D eigenvalue weighted by Gasteiger charge is -2.62. The molecule has 0 aromatic rings. The molecule has 0 radical (unpaired) electrons. The molecule has 0 saturated heterocycles. The summed E-state index contributed by atoms with van der Waals surface area (Å²) in [6, 6.07) is 0. The zero-order chi connectivity index (χ0) is 33.9. The van der Waals surface area contributed by atoms with Crippen LogP contribution in [0.2, 0.25) is 0 Å². The number of esters is 2. The molecule has 10 unspecified atom stereocenters. The molecule has 4 aliphatic rings. The summed E-state index contributed by atoms with van der Waals surface area (Å²) in [5.41, 5.74) is -3.06. The van der Waals surface area contributed by atoms with Crippen LogP contribution in [0.15, 0.2) is 11.1 Å². The molecule has 252 valence electrons. The lowest BCUT2D eigenvalue weighted by atomic mass is 9.41. The molecule has 45 heavy (non-hydrogen) atoms. The molecular weight excluding hydrogens is 576 g/mol. The number of aliphatic hydroxyl groups is 2. The highest BCUT2D eigenvalue weighted by atomic mass is 16.5. The third-order valence-electron chi connectivity index (χ3n) is 12.7. The Morgan fingerprint density at radius 1 is 1.02 bits per heavy atom. The number of carbonyl (C=O) groups is 5. The van der Waals surface area contributed by atoms with Gasteiger partial charge in [-0.2, -0.15) is 0 Å². The molecule has 0 aromatic carbocycles. The fourth-order valence-corrected chi connectivity index (χ4v) is 9.90. The first kappa shape index (κ1) is 35.5. The first-order chi connectivity index (χ1) is 20.8. The summed E-state index contributed by atoms with van der Waals surface area (Å²) in [5, 5.41) is 22.8. The second-order valence-corrected chi connectivity index (χ2v) is 15.7. The number of aliphatic hydroxyl groups excluding tert-OH is 2. The standard InChI is InChI=1S/C36H54O9/c1-10-11-14-44-32(43)20(3)16-22(38)15-19(2)23-17-27(41)36(9)28-24(39)18-25-33(5,6)26(40)12-13-34(25,7)29(28)30(42)31(35(23,36)8)45-21(4)37/h19-20,23-26,31,39-40H,10-18H2,1-9H3. The van der Waals surface area contributed by atoms with Crippen LogP contribution in [0.5, 0.6) is 0 Å². The molecule has 2 N–H and O–H groups in total. The third-order valence-corrected chi connectivity index (χ3v) is 12.7. The van der Waals surface area contributed by atoms with Crippen molar-refractivity contribution in [2.24, 2.45) is 45.3 Å². The number of carbonyl (C=O) groups excluding carboxylic acids is 5. The second kappa shape index (κ2) is 12.3. The van der Waals surface area contributed by atoms with Crippen LogP contribution in [0.25, 0.3) is 0 Å². The van der Waals surface area contributed by atoms with Gasteiger partial charge in [0.1, 0.15) is 11.6 Å². The number of fused-ring (bicyclic) bond motifs is 4. The molecule has 4 rings (SSSR count). The molecule has 0 spiro atoms. The van der Waals surface area contributed by atoms with E-state index in [0.717, 1.165) is 12.8 Å². The fraction of sp³-hybridized carbons (Fsp3) is 0.806. The summed E-state index contributed by atoms with van der Waals surface area (Å²) in [6.07, 6.45) is 0.0889. The maximum absolute atomic E-state index is 14.8. The van der Waals surface area contributed by atoms with Crippen molar-refractivity contribution < 1.29 is 43.7 Å². The molecule has 0 aliphatic heterocycles. The molecule has 2 saturated carbocycles. The third kappa shape index (κ3) is 5.43. The summed E-state index contributed by atoms with van der Waals surface area (Å²) < 4.78 is 11.2. The highest BCUT2D eigenvalue weighted by molar-refractivity contribution is 6.08. The topological polar surface area (TPSA) is 144 Å². The van der Waals surface area contributed by atoms with Crippen LogP contribution in [-0.2, 0) is 33.4 Å². The molecule has 9 heteroatoms. The van der Waals surface area contributed by atoms with Gasteiger partial charge in [0.05, 0.1) is 30.1 Å². The van der Waals surface area contributed by atoms with Crippen LogP contribution in [0.4, 0.5) is 0 Å². The Bertz CT molecular complexity index is 1280. The fourth-order valence-electron chi connectivity index (χ4n) is 9.90. The number of hydrogen-bond donors (Lipinski definition) is 2. The Kier molecular flexibility index (Phi) is 9.72. The number of ketones is 3. The van der Waals surface area contributed by atoms with Crippen molar-refractivity contribution in [2.45, 2.75) is 132 Å². The van der Waals surface area contributed by atoms with Gasteiger partial charge >= 0.3 is 11.9 Å². The van der Waals surface area contributed by atoms with Crippen molar-refractivity contribution in [3.05, 3.63) is 11.1 Å². The molecule has 10 atom stereocenters. The van der Waals surface area contributed by atoms with Crippen LogP contribution >= 0.6 is 0 Å². The summed E-state index contributed by atoms with van der Waals surface area (Å²) in [6.45, 7) is 16.6. The van der Waals surface area contributed by atoms with E-state index in [2.05, 4.69) is 0 Å². The Morgan fingerprint density at radius 3 is 2.27 bits per heavy atom. The van der Waals surface area contributed by atoms with Gasteiger partial charge in [-0.3, -0.25) is 24.0 Å². The Labute approximate surface area is 267 Å². The maximum Gasteiger partial charge on any atom is 0.309 e. The van der Waals surface area contributed by atoms with E-state index in [0.29, 0.717) is 37.0 Å². The Hall–Kier alpha value is -2.39. The Balaban J connectivity index is 1.74. The van der Waals surface area contributed by atoms with Gasteiger partial charge in [-0.25, -0.2) is 0 Å². The van der Waals surface area contributed by atoms with Gasteiger partial charge in [-0.1, -0.05) is 54.9 Å². The number of Topliss-reactive ketones (excluding diaryl/α,β-unsaturated/α-hetero) is 3. The highest BCUT2D eigenvalue weighted by Gasteiger charge is 2.74. The number of ether oxygens (including phenoxy) is 2. The quantitative estimate of drug-likeness (QED) is 0.254. The SMILES string of the molecule is CCCCOC(=O)C(C)CC(=O)CC(C)C1CC(=O)C2(C)C3=C(C(=O)C(OC(C)=O)C12C)C1(C)CCC(O)C(C)(C)C1CC3O. The van der Waals surface area contributed by atoms with Crippen molar-refractivity contribution in [1.29, 1.82) is 0 Å². The first-order valence-electron chi connectivity index (χ1n) is 16.8. The number of unbranched alkanes of at least 4 members (excludes halogenated alkanes) is 1. The minimum atomic E-state index is -1.32. The molecule has 0 aromatic heterocycles. The zero-order valence-electron chi connectivity index (χ0n) is 28.7. The lowest BCUT2D eigenvalue weighted by Crippen LogP contribution is -2.65. The van der Waals surface area contributed by atoms with Crippen molar-refractivity contribution in [2.75, 3.05) is 6.61 Å². The van der Waals surface area contributed by atoms with Crippen molar-refractivity contribution >= 4 is 29.3 Å². The van der Waals surface area contributed by atoms with Gasteiger partial charge in [0.15, 0.2) is 6.10 Å². The van der Waals surface area contributed by atoms with Gasteiger partial charge in [0.25, 0.3) is 0 Å². The monoisotopic (exact) mass is 630 g/mol. The maximum atomic E-state index is 14.8. The zero-order valence-corrected chi connectivity index (χ0v) is 28.7. The molecule has 0 bridgehead atoms. The Morgan fingerprint density at radius 2 is 1.67 bits per heavy atom. The first-order valence-corrected chi connectivity index (χ1v) is 16.8. The predicted molar refractivity (Wildman–Crippen MR) is 167 cm³/mol. The number of rotatable bonds is 10. The molecular formula is C36H54O9. The van der Waals surface area contributed by atoms with E-state index in [1.165, 1.54) is 6.92 Å². The van der Waals surface area contributed by atoms with E-state index in [4.69, 9.17) is 9.47 Å². The van der Waals surface area contributed by atoms with E-state index >= 15 is 0 Å². The van der Waals surface area contributed by atoms with E-state index < -0.39 is 63.7 Å². The van der Waals surface area contributed by atoms with Gasteiger partial charge in [0, 0.05) is 37.2 Å². The minimum absolute atomic E-state index is 0.00560. The van der Waals surface area contributed by atoms with Crippen molar-refractivity contribution in [3.8, 4) is 0 Å². The summed E-state index contributed by atoms with van der Waals surface area (Å²) in [5.74, 6) is -3.45. The van der Waals surface area contributed by atoms with E-state index in [-0.39, 0.29) is 48.4 Å². The smallest absolute Gasteiger partial charge is 0.309 e. The number of hydrogen-bond acceptors (Lipinski definition) is 9. The van der Waals surface area contributed by atoms with Crippen LogP contribution in [0.3, 0.4) is 0 Å². The van der Waals surface area contributed by atoms with Crippen LogP contribution < -0.4 is 0 Å². The highest BCUT2D eigenvalue weighted by Crippen LogP contribution is 2.71. The molecule has 2 fully saturated rings. The van der Waals surface area contributed by atoms with Crippen LogP contribution in [-0.4, -0.2) is 64.4 Å². The van der Waals surface area contributed by atoms with Gasteiger partial charge < -0.3 is 19.7 Å². The lowest BCUT2D eigenvalue weighted by molar-refractivity contribution is -0.178. The molecule has 0 amide bonds. The van der Waals surface area contributed by atoms with E-state index in [1.54, 1.807) is 13.8 Å². The van der Waals surface area contributed by atoms with Crippen molar-refractivity contribution in [3.63, 3.8) is 0 Å². The average Bonchev–Trinajstić information content (AvgIpc) is 3.16. The summed E-state index contributed by atoms with van der Waals surface area (Å²) in [7, 11) is 0. The van der Waals surface area contributed by atoms with Gasteiger partial charge in [-0.05, 0) is 66.8 Å². The second-order valence-electron chi connectivity index (χ2n) is 15.7. The molecule has 0 heterocycles. The van der Waals surface area contributed by atoms with E-state index in [9.17, 15) is 34.2 Å². The summed E-state index contributed by atoms with van der Waals surface area (Å²) in [4.78, 5) is 67.3. The van der Waals surface area contributed by atoms with E-state index in [1.807, 2.05) is 41.5 Å². The van der Waals surface area contributed by atoms with Crippen molar-refractivity contribution in [1.82, 2.24) is 0 Å². The largest absolute Gasteiger partial charge is 0.465 e. The van der Waals surface area contributed by atoms with Gasteiger partial charge in [0.2, 0.25) is 5.78 Å². The van der Waals surface area contributed by atoms with Crippen LogP contribution in [0, 0.1) is 45.3 Å². The summed E-state index contributed by atoms with van der Waals surface area (Å²) >= 11 is 0. The van der Waals surface area contributed by atoms with Gasteiger partial charge in [-0.15, -0.1) is 0 Å². The normalized spacial score (nSPS) is 38.5. The minimum Gasteiger partial charge on any atom is -0.465 e. The molecule has 4 aliphatic carbocycles. The average molecular weight is 631 g/mol. The molecule has 9 nitrogen and oxygen atoms in total. The van der Waals surface area contributed by atoms with Crippen LogP contribution in [0.1, 0.15) is 114 Å².